The minimum atomic E-state index is -0.684. The maximum atomic E-state index is 6.49. The van der Waals surface area contributed by atoms with Gasteiger partial charge >= 0.3 is 0 Å². The number of hydrogen-bond donors (Lipinski definition) is 0. The molecule has 0 aliphatic carbocycles. The summed E-state index contributed by atoms with van der Waals surface area (Å²) in [6, 6.07) is 27.6. The number of aromatic nitrogens is 2. The van der Waals surface area contributed by atoms with Gasteiger partial charge in [0.1, 0.15) is 6.10 Å². The van der Waals surface area contributed by atoms with Gasteiger partial charge in [-0.2, -0.15) is 0 Å². The largest absolute Gasteiger partial charge is 0.374 e. The van der Waals surface area contributed by atoms with Crippen LogP contribution in [0.25, 0.3) is 11.1 Å². The normalized spacial score (nSPS) is 19.7. The molecule has 3 aromatic carbocycles. The molecule has 5 nitrogen and oxygen atoms in total. The molecule has 1 aromatic heterocycles. The van der Waals surface area contributed by atoms with Crippen molar-refractivity contribution >= 4 is 0 Å². The highest BCUT2D eigenvalue weighted by Gasteiger charge is 2.41. The van der Waals surface area contributed by atoms with Gasteiger partial charge in [-0.15, -0.1) is 0 Å². The third kappa shape index (κ3) is 6.25. The lowest BCUT2D eigenvalue weighted by Gasteiger charge is -2.28. The lowest BCUT2D eigenvalue weighted by atomic mass is 10.0. The van der Waals surface area contributed by atoms with Crippen molar-refractivity contribution in [2.45, 2.75) is 44.8 Å². The molecule has 1 aliphatic heterocycles. The van der Waals surface area contributed by atoms with Crippen LogP contribution in [0, 0.1) is 6.92 Å². The summed E-state index contributed by atoms with van der Waals surface area (Å²) in [5, 5.41) is 0. The van der Waals surface area contributed by atoms with E-state index in [0.717, 1.165) is 18.4 Å². The zero-order valence-corrected chi connectivity index (χ0v) is 20.2. The highest BCUT2D eigenvalue weighted by molar-refractivity contribution is 5.63. The molecule has 0 amide bonds. The Labute approximate surface area is 207 Å². The first-order chi connectivity index (χ1) is 17.2. The van der Waals surface area contributed by atoms with E-state index in [2.05, 4.69) is 84.7 Å². The highest BCUT2D eigenvalue weighted by Crippen LogP contribution is 2.31. The third-order valence-electron chi connectivity index (χ3n) is 6.45. The Morgan fingerprint density at radius 3 is 2.43 bits per heavy atom. The quantitative estimate of drug-likeness (QED) is 0.294. The fourth-order valence-corrected chi connectivity index (χ4v) is 4.47. The second-order valence-electron chi connectivity index (χ2n) is 9.26. The van der Waals surface area contributed by atoms with Crippen LogP contribution in [0.1, 0.15) is 23.1 Å². The zero-order chi connectivity index (χ0) is 23.9. The monoisotopic (exact) mass is 468 g/mol. The number of nitrogens with zero attached hydrogens (tertiary/aromatic N) is 2. The van der Waals surface area contributed by atoms with Crippen molar-refractivity contribution in [3.05, 3.63) is 114 Å². The molecule has 0 spiro atoms. The Morgan fingerprint density at radius 2 is 1.69 bits per heavy atom. The number of hydrogen-bond acceptors (Lipinski definition) is 4. The van der Waals surface area contributed by atoms with Crippen molar-refractivity contribution in [3.8, 4) is 11.1 Å². The molecule has 1 aliphatic rings. The molecule has 0 bridgehead atoms. The van der Waals surface area contributed by atoms with Crippen molar-refractivity contribution < 1.29 is 14.2 Å². The third-order valence-corrected chi connectivity index (χ3v) is 6.45. The fraction of sp³-hybridized carbons (Fsp3) is 0.300. The van der Waals surface area contributed by atoms with E-state index in [1.807, 2.05) is 23.2 Å². The van der Waals surface area contributed by atoms with Crippen molar-refractivity contribution in [3.63, 3.8) is 0 Å². The summed E-state index contributed by atoms with van der Waals surface area (Å²) < 4.78 is 20.8. The van der Waals surface area contributed by atoms with E-state index in [4.69, 9.17) is 14.2 Å². The topological polar surface area (TPSA) is 45.5 Å². The summed E-state index contributed by atoms with van der Waals surface area (Å²) in [6.45, 7) is 4.28. The molecule has 1 saturated heterocycles. The van der Waals surface area contributed by atoms with E-state index in [0.29, 0.717) is 26.4 Å². The van der Waals surface area contributed by atoms with Crippen LogP contribution in [0.15, 0.2) is 97.6 Å². The van der Waals surface area contributed by atoms with Crippen molar-refractivity contribution in [2.24, 2.45) is 0 Å². The molecular formula is C30H32N2O3. The van der Waals surface area contributed by atoms with Gasteiger partial charge in [0.15, 0.2) is 5.79 Å². The van der Waals surface area contributed by atoms with Crippen LogP contribution < -0.4 is 0 Å². The van der Waals surface area contributed by atoms with Gasteiger partial charge in [0, 0.05) is 18.8 Å². The average Bonchev–Trinajstić information content (AvgIpc) is 3.55. The number of aryl methyl sites for hydroxylation is 2. The van der Waals surface area contributed by atoms with E-state index >= 15 is 0 Å². The molecule has 0 radical (unpaired) electrons. The molecule has 35 heavy (non-hydrogen) atoms. The molecule has 1 fully saturated rings. The maximum Gasteiger partial charge on any atom is 0.187 e. The molecular weight excluding hydrogens is 436 g/mol. The van der Waals surface area contributed by atoms with Crippen LogP contribution in [0.5, 0.6) is 0 Å². The van der Waals surface area contributed by atoms with Gasteiger partial charge < -0.3 is 18.8 Å². The predicted octanol–water partition coefficient (Wildman–Crippen LogP) is 5.82. The molecule has 180 valence electrons. The lowest BCUT2D eigenvalue weighted by Crippen LogP contribution is -2.37. The summed E-state index contributed by atoms with van der Waals surface area (Å²) in [4.78, 5) is 4.18. The smallest absolute Gasteiger partial charge is 0.187 e. The Bertz CT molecular complexity index is 1170. The summed E-state index contributed by atoms with van der Waals surface area (Å²) in [5.74, 6) is -0.684. The van der Waals surface area contributed by atoms with E-state index in [9.17, 15) is 0 Å². The summed E-state index contributed by atoms with van der Waals surface area (Å²) in [7, 11) is 0. The molecule has 2 unspecified atom stereocenters. The second-order valence-corrected chi connectivity index (χ2v) is 9.26. The molecule has 5 rings (SSSR count). The first-order valence-electron chi connectivity index (χ1n) is 12.2. The minimum Gasteiger partial charge on any atom is -0.374 e. The Hall–Kier alpha value is -3.25. The van der Waals surface area contributed by atoms with Gasteiger partial charge in [-0.25, -0.2) is 4.98 Å². The first kappa shape index (κ1) is 23.5. The SMILES string of the molecule is Cc1ccc(CCC2(Cn3ccnc3)OCC(COCc3ccc(-c4ccccc4)cc3)O2)cc1. The lowest BCUT2D eigenvalue weighted by molar-refractivity contribution is -0.187. The van der Waals surface area contributed by atoms with E-state index < -0.39 is 5.79 Å². The summed E-state index contributed by atoms with van der Waals surface area (Å²) >= 11 is 0. The second kappa shape index (κ2) is 11.0. The molecule has 5 heteroatoms. The Kier molecular flexibility index (Phi) is 7.38. The number of ether oxygens (including phenoxy) is 3. The predicted molar refractivity (Wildman–Crippen MR) is 137 cm³/mol. The molecule has 4 aromatic rings. The zero-order valence-electron chi connectivity index (χ0n) is 20.2. The standard InChI is InChI=1S/C30H32N2O3/c1-24-7-9-25(10-8-24)15-16-30(22-32-18-17-31-23-32)34-21-29(35-30)20-33-19-26-11-13-28(14-12-26)27-5-3-2-4-6-27/h2-14,17-18,23,29H,15-16,19-22H2,1H3. The Balaban J connectivity index is 1.16. The minimum absolute atomic E-state index is 0.0971. The van der Waals surface area contributed by atoms with E-state index in [1.165, 1.54) is 22.3 Å². The fourth-order valence-electron chi connectivity index (χ4n) is 4.47. The van der Waals surface area contributed by atoms with Crippen molar-refractivity contribution in [1.82, 2.24) is 9.55 Å². The number of imidazole rings is 1. The van der Waals surface area contributed by atoms with Gasteiger partial charge in [0.05, 0.1) is 32.7 Å². The van der Waals surface area contributed by atoms with Gasteiger partial charge in [-0.1, -0.05) is 84.4 Å². The van der Waals surface area contributed by atoms with Crippen LogP contribution in [-0.2, 0) is 33.8 Å². The summed E-state index contributed by atoms with van der Waals surface area (Å²) in [5.41, 5.74) is 6.12. The summed E-state index contributed by atoms with van der Waals surface area (Å²) in [6.07, 6.45) is 7.10. The van der Waals surface area contributed by atoms with Crippen molar-refractivity contribution in [2.75, 3.05) is 13.2 Å². The Morgan fingerprint density at radius 1 is 0.943 bits per heavy atom. The van der Waals surface area contributed by atoms with Gasteiger partial charge in [0.25, 0.3) is 0 Å². The highest BCUT2D eigenvalue weighted by atomic mass is 16.8. The van der Waals surface area contributed by atoms with Crippen LogP contribution >= 0.6 is 0 Å². The molecule has 0 saturated carbocycles. The molecule has 0 N–H and O–H groups in total. The van der Waals surface area contributed by atoms with Crippen molar-refractivity contribution in [1.29, 1.82) is 0 Å². The van der Waals surface area contributed by atoms with Crippen LogP contribution in [0.3, 0.4) is 0 Å². The van der Waals surface area contributed by atoms with Gasteiger partial charge in [-0.05, 0) is 35.6 Å². The average molecular weight is 469 g/mol. The van der Waals surface area contributed by atoms with E-state index in [1.54, 1.807) is 6.20 Å². The first-order valence-corrected chi connectivity index (χ1v) is 12.2. The van der Waals surface area contributed by atoms with Crippen LogP contribution in [0.4, 0.5) is 0 Å². The van der Waals surface area contributed by atoms with Crippen LogP contribution in [0.2, 0.25) is 0 Å². The molecule has 2 atom stereocenters. The number of rotatable bonds is 10. The van der Waals surface area contributed by atoms with E-state index in [-0.39, 0.29) is 6.10 Å². The van der Waals surface area contributed by atoms with Crippen LogP contribution in [-0.4, -0.2) is 34.7 Å². The molecule has 2 heterocycles. The van der Waals surface area contributed by atoms with Gasteiger partial charge in [-0.3, -0.25) is 0 Å². The number of benzene rings is 3. The maximum absolute atomic E-state index is 6.49. The van der Waals surface area contributed by atoms with Gasteiger partial charge in [0.2, 0.25) is 0 Å².